The minimum absolute atomic E-state index is 0.0231. The van der Waals surface area contributed by atoms with Gasteiger partial charge >= 0.3 is 0 Å². The molecule has 106 valence electrons. The second kappa shape index (κ2) is 6.50. The van der Waals surface area contributed by atoms with Gasteiger partial charge in [0, 0.05) is 6.04 Å². The van der Waals surface area contributed by atoms with E-state index in [1.54, 1.807) is 19.2 Å². The number of halogens is 1. The summed E-state index contributed by atoms with van der Waals surface area (Å²) in [6.07, 6.45) is 0.697. The number of hydrazine groups is 1. The van der Waals surface area contributed by atoms with Crippen molar-refractivity contribution in [2.75, 3.05) is 7.11 Å². The number of rotatable bonds is 5. The number of hydrogen-bond donors (Lipinski definition) is 2. The molecular weight excluding hydrogens is 255 g/mol. The van der Waals surface area contributed by atoms with Crippen molar-refractivity contribution in [3.05, 3.63) is 65.0 Å². The van der Waals surface area contributed by atoms with Crippen molar-refractivity contribution in [2.24, 2.45) is 5.84 Å². The van der Waals surface area contributed by atoms with Crippen LogP contribution in [0.5, 0.6) is 5.75 Å². The molecular formula is C16H19FN2O. The number of nitrogens with one attached hydrogen (secondary N) is 1. The van der Waals surface area contributed by atoms with Gasteiger partial charge in [-0.3, -0.25) is 11.3 Å². The lowest BCUT2D eigenvalue weighted by Crippen LogP contribution is -2.29. The molecule has 0 amide bonds. The number of ether oxygens (including phenoxy) is 1. The Morgan fingerprint density at radius 2 is 1.90 bits per heavy atom. The summed E-state index contributed by atoms with van der Waals surface area (Å²) < 4.78 is 18.2. The summed E-state index contributed by atoms with van der Waals surface area (Å²) in [4.78, 5) is 0. The molecule has 0 fully saturated rings. The first kappa shape index (κ1) is 14.5. The summed E-state index contributed by atoms with van der Waals surface area (Å²) in [5.41, 5.74) is 5.98. The Bertz CT molecular complexity index is 569. The molecule has 0 radical (unpaired) electrons. The zero-order valence-electron chi connectivity index (χ0n) is 11.7. The van der Waals surface area contributed by atoms with E-state index < -0.39 is 0 Å². The summed E-state index contributed by atoms with van der Waals surface area (Å²) in [6.45, 7) is 1.99. The normalized spacial score (nSPS) is 12.2. The Hall–Kier alpha value is -1.91. The van der Waals surface area contributed by atoms with E-state index >= 15 is 0 Å². The fourth-order valence-corrected chi connectivity index (χ4v) is 2.25. The molecule has 0 bridgehead atoms. The van der Waals surface area contributed by atoms with Crippen LogP contribution in [0.1, 0.15) is 22.7 Å². The summed E-state index contributed by atoms with van der Waals surface area (Å²) in [5, 5.41) is 0. The Labute approximate surface area is 118 Å². The third kappa shape index (κ3) is 3.35. The molecule has 0 heterocycles. The highest BCUT2D eigenvalue weighted by Gasteiger charge is 2.12. The Kier molecular flexibility index (Phi) is 4.71. The van der Waals surface area contributed by atoms with Crippen LogP contribution in [0, 0.1) is 12.7 Å². The summed E-state index contributed by atoms with van der Waals surface area (Å²) >= 11 is 0. The molecule has 0 spiro atoms. The van der Waals surface area contributed by atoms with E-state index in [0.29, 0.717) is 6.42 Å². The second-order valence-electron chi connectivity index (χ2n) is 4.78. The number of methoxy groups -OCH3 is 1. The van der Waals surface area contributed by atoms with Crippen LogP contribution >= 0.6 is 0 Å². The van der Waals surface area contributed by atoms with E-state index in [0.717, 1.165) is 22.4 Å². The van der Waals surface area contributed by atoms with Crippen LogP contribution in [0.25, 0.3) is 0 Å². The van der Waals surface area contributed by atoms with E-state index in [2.05, 4.69) is 5.43 Å². The molecule has 4 heteroatoms. The van der Waals surface area contributed by atoms with Crippen LogP contribution < -0.4 is 16.0 Å². The van der Waals surface area contributed by atoms with Crippen LogP contribution in [-0.4, -0.2) is 7.11 Å². The summed E-state index contributed by atoms with van der Waals surface area (Å²) in [5.74, 6) is 6.27. The lowest BCUT2D eigenvalue weighted by atomic mass is 9.98. The second-order valence-corrected chi connectivity index (χ2v) is 4.78. The Morgan fingerprint density at radius 3 is 2.45 bits per heavy atom. The quantitative estimate of drug-likeness (QED) is 0.651. The maximum atomic E-state index is 12.9. The van der Waals surface area contributed by atoms with Crippen LogP contribution in [0.2, 0.25) is 0 Å². The summed E-state index contributed by atoms with van der Waals surface area (Å²) in [6, 6.07) is 12.4. The molecule has 2 aromatic carbocycles. The van der Waals surface area contributed by atoms with Crippen molar-refractivity contribution >= 4 is 0 Å². The average molecular weight is 274 g/mol. The number of hydrogen-bond acceptors (Lipinski definition) is 3. The van der Waals surface area contributed by atoms with Gasteiger partial charge in [-0.05, 0) is 48.2 Å². The van der Waals surface area contributed by atoms with Crippen LogP contribution in [0.4, 0.5) is 4.39 Å². The first-order valence-corrected chi connectivity index (χ1v) is 6.49. The summed E-state index contributed by atoms with van der Waals surface area (Å²) in [7, 11) is 1.65. The van der Waals surface area contributed by atoms with Gasteiger partial charge in [-0.15, -0.1) is 0 Å². The first-order valence-electron chi connectivity index (χ1n) is 6.49. The first-order chi connectivity index (χ1) is 9.63. The minimum atomic E-state index is -0.230. The highest BCUT2D eigenvalue weighted by molar-refractivity contribution is 5.38. The molecule has 0 saturated heterocycles. The van der Waals surface area contributed by atoms with Crippen molar-refractivity contribution in [1.29, 1.82) is 0 Å². The van der Waals surface area contributed by atoms with Gasteiger partial charge in [0.1, 0.15) is 11.6 Å². The predicted molar refractivity (Wildman–Crippen MR) is 77.9 cm³/mol. The average Bonchev–Trinajstić information content (AvgIpc) is 2.46. The highest BCUT2D eigenvalue weighted by atomic mass is 19.1. The van der Waals surface area contributed by atoms with Crippen molar-refractivity contribution < 1.29 is 9.13 Å². The maximum Gasteiger partial charge on any atom is 0.123 e. The molecule has 0 aliphatic rings. The largest absolute Gasteiger partial charge is 0.496 e. The topological polar surface area (TPSA) is 47.3 Å². The van der Waals surface area contributed by atoms with Crippen molar-refractivity contribution in [3.63, 3.8) is 0 Å². The monoisotopic (exact) mass is 274 g/mol. The molecule has 2 aromatic rings. The molecule has 1 unspecified atom stereocenters. The SMILES string of the molecule is COc1ccc(C(Cc2ccc(F)cc2)NN)cc1C. The molecule has 3 N–H and O–H groups in total. The number of aryl methyl sites for hydroxylation is 1. The lowest BCUT2D eigenvalue weighted by Gasteiger charge is -2.18. The van der Waals surface area contributed by atoms with Crippen molar-refractivity contribution in [1.82, 2.24) is 5.43 Å². The fraction of sp³-hybridized carbons (Fsp3) is 0.250. The van der Waals surface area contributed by atoms with Gasteiger partial charge in [-0.1, -0.05) is 24.3 Å². The lowest BCUT2D eigenvalue weighted by molar-refractivity contribution is 0.411. The Balaban J connectivity index is 2.19. The van der Waals surface area contributed by atoms with E-state index in [1.165, 1.54) is 12.1 Å². The van der Waals surface area contributed by atoms with Crippen molar-refractivity contribution in [2.45, 2.75) is 19.4 Å². The number of benzene rings is 2. The van der Waals surface area contributed by atoms with E-state index in [9.17, 15) is 4.39 Å². The van der Waals surface area contributed by atoms with E-state index in [1.807, 2.05) is 25.1 Å². The molecule has 0 aliphatic carbocycles. The van der Waals surface area contributed by atoms with Gasteiger partial charge in [0.05, 0.1) is 7.11 Å². The third-order valence-electron chi connectivity index (χ3n) is 3.38. The van der Waals surface area contributed by atoms with Crippen LogP contribution in [0.3, 0.4) is 0 Å². The van der Waals surface area contributed by atoms with Gasteiger partial charge in [-0.2, -0.15) is 0 Å². The smallest absolute Gasteiger partial charge is 0.123 e. The maximum absolute atomic E-state index is 12.9. The standard InChI is InChI=1S/C16H19FN2O/c1-11-9-13(5-8-16(11)20-2)15(19-18)10-12-3-6-14(17)7-4-12/h3-9,15,19H,10,18H2,1-2H3. The van der Waals surface area contributed by atoms with Crippen LogP contribution in [0.15, 0.2) is 42.5 Å². The highest BCUT2D eigenvalue weighted by Crippen LogP contribution is 2.24. The van der Waals surface area contributed by atoms with E-state index in [-0.39, 0.29) is 11.9 Å². The van der Waals surface area contributed by atoms with E-state index in [4.69, 9.17) is 10.6 Å². The number of nitrogens with two attached hydrogens (primary N) is 1. The fourth-order valence-electron chi connectivity index (χ4n) is 2.25. The molecule has 0 aliphatic heterocycles. The van der Waals surface area contributed by atoms with Gasteiger partial charge in [0.2, 0.25) is 0 Å². The molecule has 3 nitrogen and oxygen atoms in total. The van der Waals surface area contributed by atoms with Gasteiger partial charge in [-0.25, -0.2) is 4.39 Å². The van der Waals surface area contributed by atoms with Gasteiger partial charge in [0.15, 0.2) is 0 Å². The predicted octanol–water partition coefficient (Wildman–Crippen LogP) is 2.89. The Morgan fingerprint density at radius 1 is 1.20 bits per heavy atom. The van der Waals surface area contributed by atoms with Crippen LogP contribution in [-0.2, 0) is 6.42 Å². The molecule has 2 rings (SSSR count). The molecule has 0 aromatic heterocycles. The minimum Gasteiger partial charge on any atom is -0.496 e. The third-order valence-corrected chi connectivity index (χ3v) is 3.38. The molecule has 20 heavy (non-hydrogen) atoms. The zero-order valence-corrected chi connectivity index (χ0v) is 11.7. The molecule has 0 saturated carbocycles. The molecule has 1 atom stereocenters. The van der Waals surface area contributed by atoms with Crippen molar-refractivity contribution in [3.8, 4) is 5.75 Å². The zero-order chi connectivity index (χ0) is 14.5. The van der Waals surface area contributed by atoms with Gasteiger partial charge in [0.25, 0.3) is 0 Å². The van der Waals surface area contributed by atoms with Gasteiger partial charge < -0.3 is 4.74 Å².